The molecule has 0 unspecified atom stereocenters. The van der Waals surface area contributed by atoms with Gasteiger partial charge in [-0.2, -0.15) is 0 Å². The minimum absolute atomic E-state index is 0.0403. The van der Waals surface area contributed by atoms with Crippen molar-refractivity contribution in [2.24, 2.45) is 0 Å². The van der Waals surface area contributed by atoms with Crippen LogP contribution in [0.3, 0.4) is 0 Å². The van der Waals surface area contributed by atoms with E-state index in [4.69, 9.17) is 9.47 Å². The van der Waals surface area contributed by atoms with E-state index in [1.54, 1.807) is 36.4 Å². The number of benzene rings is 2. The monoisotopic (exact) mass is 325 g/mol. The van der Waals surface area contributed by atoms with Crippen molar-refractivity contribution in [3.63, 3.8) is 0 Å². The second kappa shape index (κ2) is 8.53. The van der Waals surface area contributed by atoms with Crippen molar-refractivity contribution in [2.45, 2.75) is 6.92 Å². The molecule has 0 heterocycles. The maximum atomic E-state index is 12.3. The summed E-state index contributed by atoms with van der Waals surface area (Å²) in [5.41, 5.74) is 1.16. The Balaban J connectivity index is 2.32. The van der Waals surface area contributed by atoms with Gasteiger partial charge in [-0.05, 0) is 31.2 Å². The van der Waals surface area contributed by atoms with Gasteiger partial charge in [0.1, 0.15) is 11.4 Å². The highest BCUT2D eigenvalue weighted by molar-refractivity contribution is 6.03. The predicted molar refractivity (Wildman–Crippen MR) is 91.5 cm³/mol. The van der Waals surface area contributed by atoms with Gasteiger partial charge in [0.05, 0.1) is 13.7 Å². The summed E-state index contributed by atoms with van der Waals surface area (Å²) in [6.45, 7) is 2.37. The average Bonchev–Trinajstić information content (AvgIpc) is 2.63. The van der Waals surface area contributed by atoms with Gasteiger partial charge in [-0.3, -0.25) is 4.79 Å². The highest BCUT2D eigenvalue weighted by atomic mass is 16.5. The SMILES string of the molecule is CCOc1ccccc1C=C(NC(=O)c1ccccc1)C(=O)OC. The molecule has 0 saturated heterocycles. The van der Waals surface area contributed by atoms with Crippen LogP contribution in [-0.4, -0.2) is 25.6 Å². The van der Waals surface area contributed by atoms with E-state index in [1.165, 1.54) is 13.2 Å². The molecule has 0 bridgehead atoms. The molecule has 2 aromatic carbocycles. The van der Waals surface area contributed by atoms with Crippen LogP contribution in [0.15, 0.2) is 60.3 Å². The zero-order valence-electron chi connectivity index (χ0n) is 13.6. The maximum absolute atomic E-state index is 12.3. The number of hydrogen-bond donors (Lipinski definition) is 1. The van der Waals surface area contributed by atoms with E-state index < -0.39 is 5.97 Å². The Morgan fingerprint density at radius 2 is 1.71 bits per heavy atom. The van der Waals surface area contributed by atoms with Crippen molar-refractivity contribution >= 4 is 18.0 Å². The molecule has 1 amide bonds. The van der Waals surface area contributed by atoms with E-state index in [-0.39, 0.29) is 11.6 Å². The largest absolute Gasteiger partial charge is 0.493 e. The Kier molecular flexibility index (Phi) is 6.14. The number of hydrogen-bond acceptors (Lipinski definition) is 4. The maximum Gasteiger partial charge on any atom is 0.354 e. The lowest BCUT2D eigenvalue weighted by Crippen LogP contribution is -2.28. The Morgan fingerprint density at radius 1 is 1.04 bits per heavy atom. The Morgan fingerprint density at radius 3 is 2.38 bits per heavy atom. The fourth-order valence-corrected chi connectivity index (χ4v) is 2.08. The second-order valence-electron chi connectivity index (χ2n) is 4.84. The molecule has 2 rings (SSSR count). The molecule has 0 fully saturated rings. The van der Waals surface area contributed by atoms with E-state index >= 15 is 0 Å². The van der Waals surface area contributed by atoms with E-state index in [0.717, 1.165) is 0 Å². The summed E-state index contributed by atoms with van der Waals surface area (Å²) in [4.78, 5) is 24.3. The van der Waals surface area contributed by atoms with E-state index in [9.17, 15) is 9.59 Å². The van der Waals surface area contributed by atoms with E-state index in [2.05, 4.69) is 5.32 Å². The third-order valence-corrected chi connectivity index (χ3v) is 3.21. The summed E-state index contributed by atoms with van der Waals surface area (Å²) in [6.07, 6.45) is 1.54. The molecular formula is C19H19NO4. The third kappa shape index (κ3) is 4.46. The molecular weight excluding hydrogens is 306 g/mol. The second-order valence-corrected chi connectivity index (χ2v) is 4.84. The molecule has 0 radical (unpaired) electrons. The molecule has 0 spiro atoms. The third-order valence-electron chi connectivity index (χ3n) is 3.21. The first-order valence-corrected chi connectivity index (χ1v) is 7.54. The number of esters is 1. The Labute approximate surface area is 140 Å². The first kappa shape index (κ1) is 17.3. The molecule has 0 aliphatic heterocycles. The van der Waals surface area contributed by atoms with Gasteiger partial charge in [-0.1, -0.05) is 36.4 Å². The van der Waals surface area contributed by atoms with Gasteiger partial charge in [-0.15, -0.1) is 0 Å². The van der Waals surface area contributed by atoms with Crippen molar-refractivity contribution in [3.8, 4) is 5.75 Å². The summed E-state index contributed by atoms with van der Waals surface area (Å²) >= 11 is 0. The molecule has 2 aromatic rings. The van der Waals surface area contributed by atoms with Crippen LogP contribution >= 0.6 is 0 Å². The number of carbonyl (C=O) groups excluding carboxylic acids is 2. The fourth-order valence-electron chi connectivity index (χ4n) is 2.08. The normalized spacial score (nSPS) is 10.8. The summed E-state index contributed by atoms with van der Waals surface area (Å²) in [5, 5.41) is 2.59. The molecule has 24 heavy (non-hydrogen) atoms. The quantitative estimate of drug-likeness (QED) is 0.655. The van der Waals surface area contributed by atoms with Gasteiger partial charge in [0.25, 0.3) is 5.91 Å². The number of methoxy groups -OCH3 is 1. The lowest BCUT2D eigenvalue weighted by molar-refractivity contribution is -0.136. The molecule has 5 nitrogen and oxygen atoms in total. The Hall–Kier alpha value is -3.08. The van der Waals surface area contributed by atoms with Crippen LogP contribution in [0.2, 0.25) is 0 Å². The summed E-state index contributed by atoms with van der Waals surface area (Å²) < 4.78 is 10.3. The number of carbonyl (C=O) groups is 2. The van der Waals surface area contributed by atoms with Crippen LogP contribution in [0.1, 0.15) is 22.8 Å². The first-order valence-electron chi connectivity index (χ1n) is 7.54. The van der Waals surface area contributed by atoms with Crippen LogP contribution < -0.4 is 10.1 Å². The van der Waals surface area contributed by atoms with Crippen molar-refractivity contribution in [1.29, 1.82) is 0 Å². The molecule has 0 atom stereocenters. The highest BCUT2D eigenvalue weighted by Crippen LogP contribution is 2.21. The van der Waals surface area contributed by atoms with Crippen molar-refractivity contribution < 1.29 is 19.1 Å². The van der Waals surface area contributed by atoms with Crippen molar-refractivity contribution in [1.82, 2.24) is 5.32 Å². The first-order chi connectivity index (χ1) is 11.7. The van der Waals surface area contributed by atoms with Crippen LogP contribution in [0.5, 0.6) is 5.75 Å². The molecule has 5 heteroatoms. The number of amides is 1. The fraction of sp³-hybridized carbons (Fsp3) is 0.158. The van der Waals surface area contributed by atoms with E-state index in [1.807, 2.05) is 25.1 Å². The van der Waals surface area contributed by atoms with Crippen LogP contribution in [-0.2, 0) is 9.53 Å². The van der Waals surface area contributed by atoms with Crippen molar-refractivity contribution in [3.05, 3.63) is 71.4 Å². The lowest BCUT2D eigenvalue weighted by atomic mass is 10.1. The molecule has 0 aromatic heterocycles. The number of rotatable bonds is 6. The van der Waals surface area contributed by atoms with Crippen LogP contribution in [0.25, 0.3) is 6.08 Å². The molecule has 0 aliphatic carbocycles. The van der Waals surface area contributed by atoms with Crippen LogP contribution in [0.4, 0.5) is 0 Å². The zero-order valence-corrected chi connectivity index (χ0v) is 13.6. The van der Waals surface area contributed by atoms with E-state index in [0.29, 0.717) is 23.5 Å². The predicted octanol–water partition coefficient (Wildman–Crippen LogP) is 3.03. The standard InChI is InChI=1S/C19H19NO4/c1-3-24-17-12-8-7-11-15(17)13-16(19(22)23-2)20-18(21)14-9-5-4-6-10-14/h4-13H,3H2,1-2H3,(H,20,21). The van der Waals surface area contributed by atoms with Gasteiger partial charge in [0, 0.05) is 11.1 Å². The van der Waals surface area contributed by atoms with Gasteiger partial charge >= 0.3 is 5.97 Å². The molecule has 1 N–H and O–H groups in total. The topological polar surface area (TPSA) is 64.6 Å². The molecule has 0 aliphatic rings. The minimum atomic E-state index is -0.634. The van der Waals surface area contributed by atoms with Gasteiger partial charge < -0.3 is 14.8 Å². The minimum Gasteiger partial charge on any atom is -0.493 e. The zero-order chi connectivity index (χ0) is 17.4. The molecule has 0 saturated carbocycles. The van der Waals surface area contributed by atoms with Gasteiger partial charge in [0.2, 0.25) is 0 Å². The van der Waals surface area contributed by atoms with Gasteiger partial charge in [-0.25, -0.2) is 4.79 Å². The summed E-state index contributed by atoms with van der Waals surface area (Å²) in [7, 11) is 1.26. The summed E-state index contributed by atoms with van der Waals surface area (Å²) in [6, 6.07) is 15.9. The number of nitrogens with one attached hydrogen (secondary N) is 1. The average molecular weight is 325 g/mol. The smallest absolute Gasteiger partial charge is 0.354 e. The van der Waals surface area contributed by atoms with Crippen molar-refractivity contribution in [2.75, 3.05) is 13.7 Å². The highest BCUT2D eigenvalue weighted by Gasteiger charge is 2.15. The van der Waals surface area contributed by atoms with Gasteiger partial charge in [0.15, 0.2) is 0 Å². The molecule has 124 valence electrons. The summed E-state index contributed by atoms with van der Waals surface area (Å²) in [5.74, 6) is -0.401. The number of para-hydroxylation sites is 1. The Bertz CT molecular complexity index is 738. The lowest BCUT2D eigenvalue weighted by Gasteiger charge is -2.11. The van der Waals surface area contributed by atoms with Crippen LogP contribution in [0, 0.1) is 0 Å². The number of ether oxygens (including phenoxy) is 2.